The molecule has 0 fully saturated rings. The first-order valence-corrected chi connectivity index (χ1v) is 7.20. The Balaban J connectivity index is 2.66. The molecule has 1 rings (SSSR count). The van der Waals surface area contributed by atoms with Gasteiger partial charge in [-0.25, -0.2) is 0 Å². The minimum Gasteiger partial charge on any atom is -0.399 e. The number of benzene rings is 1. The number of allylic oxidation sites excluding steroid dienone is 1. The van der Waals surface area contributed by atoms with E-state index in [4.69, 9.17) is 11.5 Å². The summed E-state index contributed by atoms with van der Waals surface area (Å²) in [7, 11) is 0. The summed E-state index contributed by atoms with van der Waals surface area (Å²) in [6, 6.07) is 7.83. The lowest BCUT2D eigenvalue weighted by atomic mass is 10.1. The fourth-order valence-corrected chi connectivity index (χ4v) is 1.92. The van der Waals surface area contributed by atoms with Gasteiger partial charge in [-0.15, -0.1) is 0 Å². The van der Waals surface area contributed by atoms with E-state index in [0.717, 1.165) is 23.6 Å². The van der Waals surface area contributed by atoms with Crippen molar-refractivity contribution in [2.45, 2.75) is 27.2 Å². The minimum absolute atomic E-state index is 0.441. The van der Waals surface area contributed by atoms with Gasteiger partial charge < -0.3 is 16.8 Å². The van der Waals surface area contributed by atoms with Crippen molar-refractivity contribution in [3.05, 3.63) is 53.5 Å². The molecule has 0 aliphatic heterocycles. The highest BCUT2D eigenvalue weighted by Crippen LogP contribution is 2.08. The van der Waals surface area contributed by atoms with E-state index >= 15 is 0 Å². The van der Waals surface area contributed by atoms with Crippen molar-refractivity contribution in [1.29, 1.82) is 0 Å². The van der Waals surface area contributed by atoms with Gasteiger partial charge in [0.2, 0.25) is 0 Å². The number of anilines is 1. The van der Waals surface area contributed by atoms with Gasteiger partial charge in [-0.05, 0) is 44.9 Å². The molecule has 118 valence electrons. The lowest BCUT2D eigenvalue weighted by molar-refractivity contribution is 0.942. The summed E-state index contributed by atoms with van der Waals surface area (Å²) in [4.78, 5) is 8.72. The molecule has 1 aromatic carbocycles. The lowest BCUT2D eigenvalue weighted by Gasteiger charge is -2.12. The highest BCUT2D eigenvalue weighted by Gasteiger charge is 2.04. The zero-order valence-electron chi connectivity index (χ0n) is 13.6. The van der Waals surface area contributed by atoms with Gasteiger partial charge in [0.25, 0.3) is 0 Å². The zero-order chi connectivity index (χ0) is 16.5. The van der Waals surface area contributed by atoms with Crippen molar-refractivity contribution in [3.63, 3.8) is 0 Å². The van der Waals surface area contributed by atoms with Gasteiger partial charge in [-0.1, -0.05) is 18.7 Å². The first kappa shape index (κ1) is 17.5. The second-order valence-electron chi connectivity index (χ2n) is 4.96. The second kappa shape index (κ2) is 8.67. The van der Waals surface area contributed by atoms with Gasteiger partial charge >= 0.3 is 0 Å². The van der Waals surface area contributed by atoms with Crippen LogP contribution < -0.4 is 16.8 Å². The standard InChI is InChI=1S/C17H25N5/c1-5-20-13(3)17(12(2)18)22-14(4)21-11-10-15-6-8-16(19)9-7-15/h5-9H,2,10-11,18-19H2,1,3-4H3,(H,21,22)/b17-13+,20-5?. The summed E-state index contributed by atoms with van der Waals surface area (Å²) in [5.41, 5.74) is 15.4. The van der Waals surface area contributed by atoms with E-state index < -0.39 is 0 Å². The molecule has 0 heterocycles. The molecule has 0 bridgehead atoms. The first-order chi connectivity index (χ1) is 10.4. The molecule has 1 aromatic rings. The van der Waals surface area contributed by atoms with Gasteiger partial charge in [0, 0.05) is 24.1 Å². The summed E-state index contributed by atoms with van der Waals surface area (Å²) in [5.74, 6) is 0.780. The van der Waals surface area contributed by atoms with Crippen molar-refractivity contribution in [3.8, 4) is 0 Å². The molecule has 5 N–H and O–H groups in total. The third kappa shape index (κ3) is 5.83. The average molecular weight is 299 g/mol. The Kier molecular flexibility index (Phi) is 6.89. The van der Waals surface area contributed by atoms with Gasteiger partial charge in [0.1, 0.15) is 0 Å². The molecule has 5 nitrogen and oxygen atoms in total. The van der Waals surface area contributed by atoms with E-state index in [1.54, 1.807) is 6.21 Å². The van der Waals surface area contributed by atoms with Crippen LogP contribution in [0.15, 0.2) is 57.9 Å². The highest BCUT2D eigenvalue weighted by atomic mass is 15.0. The topological polar surface area (TPSA) is 88.8 Å². The fourth-order valence-electron chi connectivity index (χ4n) is 1.92. The van der Waals surface area contributed by atoms with Crippen molar-refractivity contribution >= 4 is 17.7 Å². The third-order valence-corrected chi connectivity index (χ3v) is 3.04. The molecule has 0 radical (unpaired) electrons. The second-order valence-corrected chi connectivity index (χ2v) is 4.96. The smallest absolute Gasteiger partial charge is 0.0976 e. The molecule has 0 saturated carbocycles. The lowest BCUT2D eigenvalue weighted by Crippen LogP contribution is -2.25. The van der Waals surface area contributed by atoms with Gasteiger partial charge in [0.15, 0.2) is 0 Å². The van der Waals surface area contributed by atoms with E-state index in [1.165, 1.54) is 5.56 Å². The summed E-state index contributed by atoms with van der Waals surface area (Å²) in [6.45, 7) is 10.1. The molecule has 22 heavy (non-hydrogen) atoms. The highest BCUT2D eigenvalue weighted by molar-refractivity contribution is 5.82. The summed E-state index contributed by atoms with van der Waals surface area (Å²) >= 11 is 0. The molecular weight excluding hydrogens is 274 g/mol. The number of nitrogens with two attached hydrogens (primary N) is 2. The SMILES string of the molecule is C=C(N)/C(NC(C)=NCCc1ccc(N)cc1)=C(/C)N=CC. The molecule has 0 saturated heterocycles. The Morgan fingerprint density at radius 3 is 2.45 bits per heavy atom. The van der Waals surface area contributed by atoms with E-state index in [2.05, 4.69) is 21.9 Å². The average Bonchev–Trinajstić information content (AvgIpc) is 2.46. The first-order valence-electron chi connectivity index (χ1n) is 7.20. The van der Waals surface area contributed by atoms with Crippen molar-refractivity contribution in [2.75, 3.05) is 12.3 Å². The van der Waals surface area contributed by atoms with Crippen molar-refractivity contribution in [2.24, 2.45) is 15.7 Å². The molecule has 0 aliphatic rings. The number of rotatable bonds is 6. The largest absolute Gasteiger partial charge is 0.399 e. The number of nitrogens with zero attached hydrogens (tertiary/aromatic N) is 2. The van der Waals surface area contributed by atoms with Gasteiger partial charge in [-0.2, -0.15) is 0 Å². The van der Waals surface area contributed by atoms with Gasteiger partial charge in [-0.3, -0.25) is 9.98 Å². The Hall–Kier alpha value is -2.56. The minimum atomic E-state index is 0.441. The Bertz CT molecular complexity index is 594. The normalized spacial score (nSPS) is 13.1. The number of nitrogens with one attached hydrogen (secondary N) is 1. The molecule has 0 spiro atoms. The predicted molar refractivity (Wildman–Crippen MR) is 95.9 cm³/mol. The maximum absolute atomic E-state index is 5.79. The number of amidine groups is 1. The quantitative estimate of drug-likeness (QED) is 0.326. The van der Waals surface area contributed by atoms with Crippen molar-refractivity contribution < 1.29 is 0 Å². The van der Waals surface area contributed by atoms with Crippen LogP contribution >= 0.6 is 0 Å². The Morgan fingerprint density at radius 2 is 1.91 bits per heavy atom. The van der Waals surface area contributed by atoms with Crippen LogP contribution in [0.2, 0.25) is 0 Å². The van der Waals surface area contributed by atoms with Crippen LogP contribution in [0.25, 0.3) is 0 Å². The summed E-state index contributed by atoms with van der Waals surface area (Å²) in [5, 5.41) is 3.17. The predicted octanol–water partition coefficient (Wildman–Crippen LogP) is 2.61. The van der Waals surface area contributed by atoms with Crippen LogP contribution in [0.1, 0.15) is 26.3 Å². The van der Waals surface area contributed by atoms with Crippen LogP contribution in [-0.4, -0.2) is 18.6 Å². The number of hydrogen-bond acceptors (Lipinski definition) is 4. The monoisotopic (exact) mass is 299 g/mol. The number of hydrogen-bond donors (Lipinski definition) is 3. The Morgan fingerprint density at radius 1 is 1.27 bits per heavy atom. The molecule has 5 heteroatoms. The molecule has 0 atom stereocenters. The molecule has 0 aliphatic carbocycles. The molecular formula is C17H25N5. The molecule has 0 unspecified atom stereocenters. The summed E-state index contributed by atoms with van der Waals surface area (Å²) < 4.78 is 0. The summed E-state index contributed by atoms with van der Waals surface area (Å²) in [6.07, 6.45) is 2.57. The van der Waals surface area contributed by atoms with Gasteiger partial charge in [0.05, 0.1) is 17.2 Å². The van der Waals surface area contributed by atoms with Crippen LogP contribution in [0.5, 0.6) is 0 Å². The van der Waals surface area contributed by atoms with E-state index in [9.17, 15) is 0 Å². The Labute approximate surface area is 132 Å². The van der Waals surface area contributed by atoms with Crippen LogP contribution in [0.3, 0.4) is 0 Å². The molecule has 0 amide bonds. The van der Waals surface area contributed by atoms with Crippen LogP contribution in [0.4, 0.5) is 5.69 Å². The number of aliphatic imine (C=N–C) groups is 2. The van der Waals surface area contributed by atoms with Crippen LogP contribution in [-0.2, 0) is 6.42 Å². The molecule has 0 aromatic heterocycles. The fraction of sp³-hybridized carbons (Fsp3) is 0.294. The van der Waals surface area contributed by atoms with Crippen molar-refractivity contribution in [1.82, 2.24) is 5.32 Å². The third-order valence-electron chi connectivity index (χ3n) is 3.04. The maximum atomic E-state index is 5.79. The maximum Gasteiger partial charge on any atom is 0.0976 e. The van der Waals surface area contributed by atoms with E-state index in [1.807, 2.05) is 45.0 Å². The van der Waals surface area contributed by atoms with E-state index in [-0.39, 0.29) is 0 Å². The number of nitrogen functional groups attached to an aromatic ring is 1. The van der Waals surface area contributed by atoms with E-state index in [0.29, 0.717) is 17.9 Å². The van der Waals surface area contributed by atoms with Crippen LogP contribution in [0, 0.1) is 0 Å². The zero-order valence-corrected chi connectivity index (χ0v) is 13.6.